The summed E-state index contributed by atoms with van der Waals surface area (Å²) in [5.41, 5.74) is -0.246. The fourth-order valence-corrected chi connectivity index (χ4v) is 5.81. The first-order chi connectivity index (χ1) is 16.4. The Balaban J connectivity index is -0.000000483. The number of thioether (sulfide) groups is 1. The molecule has 0 radical (unpaired) electrons. The van der Waals surface area contributed by atoms with E-state index in [-0.39, 0.29) is 52.3 Å². The fourth-order valence-electron chi connectivity index (χ4n) is 4.92. The van der Waals surface area contributed by atoms with Gasteiger partial charge in [-0.3, -0.25) is 14.0 Å². The van der Waals surface area contributed by atoms with Crippen LogP contribution in [0.4, 0.5) is 4.39 Å². The van der Waals surface area contributed by atoms with E-state index in [2.05, 4.69) is 34.8 Å². The summed E-state index contributed by atoms with van der Waals surface area (Å²) < 4.78 is 25.4. The minimum Gasteiger partial charge on any atom is -0.796 e. The molecule has 2 rings (SSSR count). The van der Waals surface area contributed by atoms with Gasteiger partial charge in [-0.1, -0.05) is 54.5 Å². The van der Waals surface area contributed by atoms with E-state index >= 15 is 0 Å². The van der Waals surface area contributed by atoms with Gasteiger partial charge in [0.25, 0.3) is 0 Å². The summed E-state index contributed by atoms with van der Waals surface area (Å²) in [6.07, 6.45) is 19.3. The first-order valence-corrected chi connectivity index (χ1v) is 15.2. The van der Waals surface area contributed by atoms with Crippen LogP contribution in [0.1, 0.15) is 91.3 Å². The smallest absolute Gasteiger partial charge is 0.796 e. The fraction of sp³-hybridized carbons (Fsp3) is 0.920. The van der Waals surface area contributed by atoms with E-state index < -0.39 is 7.15 Å². The zero-order chi connectivity index (χ0) is 26.3. The summed E-state index contributed by atoms with van der Waals surface area (Å²) >= 11 is 9.38. The third-order valence-corrected chi connectivity index (χ3v) is 7.91. The van der Waals surface area contributed by atoms with Crippen molar-refractivity contribution >= 4 is 52.3 Å². The Hall–Kier alpha value is 1.05. The molecule has 0 aromatic carbocycles. The van der Waals surface area contributed by atoms with Crippen molar-refractivity contribution in [3.63, 3.8) is 0 Å². The van der Waals surface area contributed by atoms with Gasteiger partial charge in [-0.25, -0.2) is 0 Å². The molecule has 9 heteroatoms. The first kappa shape index (κ1) is 37.2. The molecule has 0 heterocycles. The Bertz CT molecular complexity index is 510. The molecule has 2 fully saturated rings. The van der Waals surface area contributed by atoms with Crippen LogP contribution in [0.3, 0.4) is 0 Å². The maximum absolute atomic E-state index is 11.8. The molecule has 0 aliphatic heterocycles. The zero-order valence-electron chi connectivity index (χ0n) is 23.2. The molecule has 0 N–H and O–H groups in total. The number of alkyl halides is 2. The minimum atomic E-state index is -1.00. The van der Waals surface area contributed by atoms with Gasteiger partial charge in [0.05, 0.1) is 33.6 Å². The molecule has 4 nitrogen and oxygen atoms in total. The summed E-state index contributed by atoms with van der Waals surface area (Å²) in [4.78, 5) is 23.5. The molecule has 0 amide bonds. The second-order valence-electron chi connectivity index (χ2n) is 8.55. The minimum absolute atomic E-state index is 0. The van der Waals surface area contributed by atoms with Gasteiger partial charge in [-0.15, -0.1) is 0 Å². The zero-order valence-corrected chi connectivity index (χ0v) is 27.4. The van der Waals surface area contributed by atoms with Crippen LogP contribution >= 0.6 is 27.7 Å². The predicted molar refractivity (Wildman–Crippen MR) is 146 cm³/mol. The van der Waals surface area contributed by atoms with E-state index in [1.165, 1.54) is 52.1 Å². The molecule has 198 valence electrons. The van der Waals surface area contributed by atoms with Gasteiger partial charge in [0.2, 0.25) is 0 Å². The van der Waals surface area contributed by atoms with Gasteiger partial charge in [-0.2, -0.15) is 18.0 Å². The number of esters is 2. The van der Waals surface area contributed by atoms with Crippen LogP contribution in [0.15, 0.2) is 0 Å². The van der Waals surface area contributed by atoms with Crippen molar-refractivity contribution in [3.8, 4) is 0 Å². The Morgan fingerprint density at radius 1 is 0.912 bits per heavy atom. The van der Waals surface area contributed by atoms with Crippen molar-refractivity contribution in [3.05, 3.63) is 0 Å². The number of hydrogen-bond acceptors (Lipinski definition) is 6. The molecular formula is C25H47BrFNaO4S2. The summed E-state index contributed by atoms with van der Waals surface area (Å²) in [5, 5.41) is 1.03. The summed E-state index contributed by atoms with van der Waals surface area (Å²) in [5.74, 6) is 1.26. The monoisotopic (exact) mass is 597 g/mol. The molecule has 0 aromatic rings. The van der Waals surface area contributed by atoms with Gasteiger partial charge in [0.15, 0.2) is 0 Å². The van der Waals surface area contributed by atoms with Crippen LogP contribution in [0.5, 0.6) is 0 Å². The van der Waals surface area contributed by atoms with E-state index in [4.69, 9.17) is 10.8 Å². The van der Waals surface area contributed by atoms with Gasteiger partial charge in [0, 0.05) is 5.33 Å². The standard InChI is InChI=1S/C12H22O2S.C11H19BrO2.CH3F.CH4S.Na/c1-14-11(13)12(7-3-4-8-12)9-5-6-10-15-2;1-14-10(13)11(6-2-3-7-11)8-4-5-9-12;2*1-2;/h3-10H2,1-2H3;2-9H2,1H3;1H3;2H,1H3;/q;;;;+1/p-1/i;;1D;;. The number of hydrogen-bond donors (Lipinski definition) is 0. The van der Waals surface area contributed by atoms with Crippen LogP contribution < -0.4 is 29.6 Å². The number of rotatable bonds is 11. The maximum Gasteiger partial charge on any atom is 1.00 e. The molecule has 0 bridgehead atoms. The first-order valence-electron chi connectivity index (χ1n) is 12.6. The SMILES string of the molecule is COC(=O)C1(CCCCBr)CCCC1.COC(=O)C1(CCCCSC)CCCC1.C[S-].[2H]CF.[Na+]. The van der Waals surface area contributed by atoms with Gasteiger partial charge in [-0.05, 0) is 63.4 Å². The van der Waals surface area contributed by atoms with E-state index in [1.54, 1.807) is 6.26 Å². The topological polar surface area (TPSA) is 52.6 Å². The van der Waals surface area contributed by atoms with E-state index in [9.17, 15) is 14.0 Å². The molecule has 2 aliphatic carbocycles. The van der Waals surface area contributed by atoms with Crippen LogP contribution in [0.25, 0.3) is 0 Å². The van der Waals surface area contributed by atoms with Gasteiger partial charge in [0.1, 0.15) is 0 Å². The summed E-state index contributed by atoms with van der Waals surface area (Å²) in [6.45, 7) is 0. The molecule has 2 saturated carbocycles. The molecule has 0 unspecified atom stereocenters. The van der Waals surface area contributed by atoms with Crippen LogP contribution in [0.2, 0.25) is 0 Å². The van der Waals surface area contributed by atoms with Crippen molar-refractivity contribution in [1.82, 2.24) is 0 Å². The maximum atomic E-state index is 11.8. The molecule has 34 heavy (non-hydrogen) atoms. The third-order valence-electron chi connectivity index (χ3n) is 6.65. The average molecular weight is 599 g/mol. The number of unbranched alkanes of at least 4 members (excludes halogenated alkanes) is 2. The Morgan fingerprint density at radius 2 is 1.26 bits per heavy atom. The quantitative estimate of drug-likeness (QED) is 0.116. The van der Waals surface area contributed by atoms with Crippen LogP contribution in [-0.2, 0) is 31.7 Å². The number of carbonyl (C=O) groups is 2. The molecule has 0 atom stereocenters. The second-order valence-corrected chi connectivity index (χ2v) is 10.3. The molecular weight excluding hydrogens is 550 g/mol. The molecule has 2 aliphatic rings. The van der Waals surface area contributed by atoms with Crippen molar-refractivity contribution in [1.29, 1.82) is 0 Å². The van der Waals surface area contributed by atoms with Crippen molar-refractivity contribution < 1.29 is 54.4 Å². The number of ether oxygens (including phenoxy) is 2. The predicted octanol–water partition coefficient (Wildman–Crippen LogP) is 4.29. The van der Waals surface area contributed by atoms with Gasteiger partial charge >= 0.3 is 41.5 Å². The van der Waals surface area contributed by atoms with Crippen LogP contribution in [-0.4, -0.2) is 56.9 Å². The molecule has 0 saturated heterocycles. The second kappa shape index (κ2) is 25.7. The van der Waals surface area contributed by atoms with Crippen molar-refractivity contribution in [2.45, 2.75) is 89.9 Å². The normalized spacial score (nSPS) is 17.2. The average Bonchev–Trinajstić information content (AvgIpc) is 3.55. The summed E-state index contributed by atoms with van der Waals surface area (Å²) in [6, 6.07) is 0. The van der Waals surface area contributed by atoms with E-state index in [0.29, 0.717) is 0 Å². The van der Waals surface area contributed by atoms with E-state index in [1.807, 2.05) is 11.8 Å². The van der Waals surface area contributed by atoms with Crippen LogP contribution in [0, 0.1) is 10.8 Å². The number of carbonyl (C=O) groups excluding carboxylic acids is 2. The Morgan fingerprint density at radius 3 is 1.56 bits per heavy atom. The van der Waals surface area contributed by atoms with Crippen molar-refractivity contribution in [2.75, 3.05) is 45.0 Å². The number of halogens is 2. The molecule has 0 spiro atoms. The van der Waals surface area contributed by atoms with Gasteiger partial charge < -0.3 is 22.1 Å². The Labute approximate surface area is 250 Å². The molecule has 0 aromatic heterocycles. The third kappa shape index (κ3) is 14.7. The van der Waals surface area contributed by atoms with Crippen molar-refractivity contribution in [2.24, 2.45) is 10.8 Å². The number of methoxy groups -OCH3 is 2. The van der Waals surface area contributed by atoms with E-state index in [0.717, 1.165) is 63.1 Å². The summed E-state index contributed by atoms with van der Waals surface area (Å²) in [7, 11) is 2.02. The Kier molecular flexibility index (Phi) is 28.1. The largest absolute Gasteiger partial charge is 1.00 e.